The van der Waals surface area contributed by atoms with Crippen LogP contribution < -0.4 is 0 Å². The first-order valence-corrected chi connectivity index (χ1v) is 5.21. The molecule has 1 atom stereocenters. The number of carbonyl (C=O) groups excluding carboxylic acids is 2. The van der Waals surface area contributed by atoms with Crippen molar-refractivity contribution in [2.75, 3.05) is 6.61 Å². The van der Waals surface area contributed by atoms with Crippen LogP contribution in [-0.2, 0) is 6.42 Å². The highest BCUT2D eigenvalue weighted by Crippen LogP contribution is 2.22. The lowest BCUT2D eigenvalue weighted by Gasteiger charge is -2.09. The number of allylic oxidation sites excluding steroid dienone is 2. The van der Waals surface area contributed by atoms with E-state index in [1.165, 1.54) is 12.2 Å². The highest BCUT2D eigenvalue weighted by atomic mass is 16.3. The highest BCUT2D eigenvalue weighted by molar-refractivity contribution is 6.21. The molecule has 0 saturated carbocycles. The molecule has 0 aromatic carbocycles. The number of ketones is 2. The van der Waals surface area contributed by atoms with Crippen LogP contribution in [0, 0.1) is 5.92 Å². The molecule has 84 valence electrons. The second-order valence-corrected chi connectivity index (χ2v) is 4.12. The van der Waals surface area contributed by atoms with Gasteiger partial charge >= 0.3 is 0 Å². The van der Waals surface area contributed by atoms with E-state index >= 15 is 0 Å². The molecule has 16 heavy (non-hydrogen) atoms. The number of fused-ring (bicyclic) bond motifs is 1. The summed E-state index contributed by atoms with van der Waals surface area (Å²) in [6.45, 7) is 1.96. The van der Waals surface area contributed by atoms with Crippen molar-refractivity contribution in [3.63, 3.8) is 0 Å². The highest BCUT2D eigenvalue weighted by Gasteiger charge is 2.24. The van der Waals surface area contributed by atoms with Crippen LogP contribution in [0.25, 0.3) is 0 Å². The predicted molar refractivity (Wildman–Crippen MR) is 58.5 cm³/mol. The van der Waals surface area contributed by atoms with Gasteiger partial charge in [0, 0.05) is 12.8 Å². The Morgan fingerprint density at radius 2 is 2.00 bits per heavy atom. The Bertz CT molecular complexity index is 471. The second kappa shape index (κ2) is 4.06. The van der Waals surface area contributed by atoms with Gasteiger partial charge in [-0.3, -0.25) is 9.59 Å². The van der Waals surface area contributed by atoms with Gasteiger partial charge in [0.05, 0.1) is 11.3 Å². The van der Waals surface area contributed by atoms with Crippen LogP contribution in [0.5, 0.6) is 0 Å². The zero-order valence-electron chi connectivity index (χ0n) is 8.99. The molecule has 0 amide bonds. The van der Waals surface area contributed by atoms with Crippen molar-refractivity contribution in [2.45, 2.75) is 13.3 Å². The number of rotatable bonds is 3. The topological polar surface area (TPSA) is 70.2 Å². The summed E-state index contributed by atoms with van der Waals surface area (Å²) in [7, 11) is 0. The molecule has 1 aliphatic rings. The Kier molecular flexibility index (Phi) is 2.75. The van der Waals surface area contributed by atoms with Crippen LogP contribution in [0.3, 0.4) is 0 Å². The lowest BCUT2D eigenvalue weighted by atomic mass is 9.94. The first-order valence-electron chi connectivity index (χ1n) is 5.21. The van der Waals surface area contributed by atoms with E-state index in [2.05, 4.69) is 4.98 Å². The molecular formula is C12H13NO3. The molecule has 1 heterocycles. The maximum absolute atomic E-state index is 11.7. The van der Waals surface area contributed by atoms with Crippen molar-refractivity contribution in [3.05, 3.63) is 35.2 Å². The minimum atomic E-state index is -0.169. The first-order chi connectivity index (χ1) is 7.63. The number of aromatic amines is 1. The molecule has 2 N–H and O–H groups in total. The third-order valence-electron chi connectivity index (χ3n) is 2.72. The van der Waals surface area contributed by atoms with E-state index in [0.717, 1.165) is 5.56 Å². The van der Waals surface area contributed by atoms with Crippen molar-refractivity contribution >= 4 is 11.6 Å². The Hall–Kier alpha value is -1.68. The largest absolute Gasteiger partial charge is 0.396 e. The lowest BCUT2D eigenvalue weighted by molar-refractivity contribution is 0.0991. The van der Waals surface area contributed by atoms with Gasteiger partial charge in [0.2, 0.25) is 5.78 Å². The summed E-state index contributed by atoms with van der Waals surface area (Å²) < 4.78 is 0. The summed E-state index contributed by atoms with van der Waals surface area (Å²) in [4.78, 5) is 26.0. The average Bonchev–Trinajstić information content (AvgIpc) is 2.68. The van der Waals surface area contributed by atoms with Gasteiger partial charge in [-0.2, -0.15) is 0 Å². The molecule has 0 spiro atoms. The van der Waals surface area contributed by atoms with E-state index in [0.29, 0.717) is 17.7 Å². The van der Waals surface area contributed by atoms with E-state index in [1.54, 1.807) is 6.20 Å². The number of aromatic nitrogens is 1. The number of aliphatic hydroxyl groups excluding tert-OH is 1. The van der Waals surface area contributed by atoms with Gasteiger partial charge in [-0.05, 0) is 30.1 Å². The van der Waals surface area contributed by atoms with Gasteiger partial charge in [-0.1, -0.05) is 6.92 Å². The monoisotopic (exact) mass is 219 g/mol. The minimum Gasteiger partial charge on any atom is -0.396 e. The van der Waals surface area contributed by atoms with Crippen molar-refractivity contribution in [1.82, 2.24) is 4.98 Å². The van der Waals surface area contributed by atoms with E-state index in [1.807, 2.05) is 6.92 Å². The van der Waals surface area contributed by atoms with Crippen molar-refractivity contribution in [1.29, 1.82) is 0 Å². The molecule has 1 aliphatic carbocycles. The number of hydrogen-bond donors (Lipinski definition) is 2. The van der Waals surface area contributed by atoms with E-state index < -0.39 is 0 Å². The zero-order chi connectivity index (χ0) is 11.7. The molecule has 0 radical (unpaired) electrons. The third-order valence-corrected chi connectivity index (χ3v) is 2.72. The molecule has 4 heteroatoms. The van der Waals surface area contributed by atoms with Crippen LogP contribution in [0.4, 0.5) is 0 Å². The minimum absolute atomic E-state index is 0.0674. The average molecular weight is 219 g/mol. The SMILES string of the molecule is CC(CO)Cc1c[nH]c2c1C(=O)C=CC2=O. The Balaban J connectivity index is 2.37. The van der Waals surface area contributed by atoms with Gasteiger partial charge < -0.3 is 10.1 Å². The van der Waals surface area contributed by atoms with Gasteiger partial charge in [0.25, 0.3) is 0 Å². The summed E-state index contributed by atoms with van der Waals surface area (Å²) in [6, 6.07) is 0. The molecule has 1 aromatic heterocycles. The van der Waals surface area contributed by atoms with Gasteiger partial charge in [0.15, 0.2) is 5.78 Å². The number of nitrogens with one attached hydrogen (secondary N) is 1. The molecule has 0 saturated heterocycles. The molecular weight excluding hydrogens is 206 g/mol. The second-order valence-electron chi connectivity index (χ2n) is 4.12. The summed E-state index contributed by atoms with van der Waals surface area (Å²) in [6.07, 6.45) is 4.85. The van der Waals surface area contributed by atoms with Crippen molar-refractivity contribution in [2.24, 2.45) is 5.92 Å². The quantitative estimate of drug-likeness (QED) is 0.800. The molecule has 0 bridgehead atoms. The fraction of sp³-hybridized carbons (Fsp3) is 0.333. The number of hydrogen-bond acceptors (Lipinski definition) is 3. The molecule has 0 fully saturated rings. The van der Waals surface area contributed by atoms with Crippen molar-refractivity contribution < 1.29 is 14.7 Å². The van der Waals surface area contributed by atoms with Crippen LogP contribution in [0.1, 0.15) is 33.3 Å². The van der Waals surface area contributed by atoms with Crippen LogP contribution in [0.15, 0.2) is 18.3 Å². The number of H-pyrrole nitrogens is 1. The molecule has 1 aromatic rings. The number of aliphatic hydroxyl groups is 1. The molecule has 0 aliphatic heterocycles. The number of carbonyl (C=O) groups is 2. The predicted octanol–water partition coefficient (Wildman–Crippen LogP) is 1.12. The lowest BCUT2D eigenvalue weighted by Crippen LogP contribution is -2.13. The van der Waals surface area contributed by atoms with Crippen LogP contribution in [-0.4, -0.2) is 28.3 Å². The maximum Gasteiger partial charge on any atom is 0.202 e. The zero-order valence-corrected chi connectivity index (χ0v) is 8.99. The third kappa shape index (κ3) is 1.72. The summed E-state index contributed by atoms with van der Waals surface area (Å²) in [5.41, 5.74) is 1.64. The van der Waals surface area contributed by atoms with Crippen molar-refractivity contribution in [3.8, 4) is 0 Å². The Labute approximate surface area is 93.0 Å². The molecule has 1 unspecified atom stereocenters. The summed E-state index contributed by atoms with van der Waals surface area (Å²) in [5.74, 6) is -0.234. The van der Waals surface area contributed by atoms with E-state index in [4.69, 9.17) is 5.11 Å². The van der Waals surface area contributed by atoms with Gasteiger partial charge in [0.1, 0.15) is 0 Å². The standard InChI is InChI=1S/C12H13NO3/c1-7(6-14)4-8-5-13-12-10(16)3-2-9(15)11(8)12/h2-3,5,7,13-14H,4,6H2,1H3. The first kappa shape index (κ1) is 10.8. The Morgan fingerprint density at radius 3 is 2.69 bits per heavy atom. The fourth-order valence-corrected chi connectivity index (χ4v) is 1.86. The summed E-state index contributed by atoms with van der Waals surface area (Å²) >= 11 is 0. The van der Waals surface area contributed by atoms with E-state index in [9.17, 15) is 9.59 Å². The summed E-state index contributed by atoms with van der Waals surface area (Å²) in [5, 5.41) is 8.98. The molecule has 4 nitrogen and oxygen atoms in total. The smallest absolute Gasteiger partial charge is 0.202 e. The Morgan fingerprint density at radius 1 is 1.31 bits per heavy atom. The fourth-order valence-electron chi connectivity index (χ4n) is 1.86. The maximum atomic E-state index is 11.7. The normalized spacial score (nSPS) is 16.4. The van der Waals surface area contributed by atoms with E-state index in [-0.39, 0.29) is 24.1 Å². The molecule has 2 rings (SSSR count). The van der Waals surface area contributed by atoms with Gasteiger partial charge in [-0.25, -0.2) is 0 Å². The van der Waals surface area contributed by atoms with Gasteiger partial charge in [-0.15, -0.1) is 0 Å². The van der Waals surface area contributed by atoms with Crippen LogP contribution in [0.2, 0.25) is 0 Å². The van der Waals surface area contributed by atoms with Crippen LogP contribution >= 0.6 is 0 Å².